The van der Waals surface area contributed by atoms with E-state index in [1.54, 1.807) is 4.57 Å². The van der Waals surface area contributed by atoms with E-state index in [9.17, 15) is 9.90 Å². The van der Waals surface area contributed by atoms with E-state index in [0.29, 0.717) is 18.9 Å². The number of hydrogen-bond donors (Lipinski definition) is 2. The van der Waals surface area contributed by atoms with Gasteiger partial charge in [0.05, 0.1) is 12.1 Å². The van der Waals surface area contributed by atoms with Crippen molar-refractivity contribution >= 4 is 16.9 Å². The summed E-state index contributed by atoms with van der Waals surface area (Å²) < 4.78 is 7.29. The lowest BCUT2D eigenvalue weighted by atomic mass is 10.1. The molecule has 0 aliphatic carbocycles. The van der Waals surface area contributed by atoms with Crippen molar-refractivity contribution in [2.45, 2.75) is 32.9 Å². The maximum absolute atomic E-state index is 11.6. The van der Waals surface area contributed by atoms with Crippen molar-refractivity contribution in [3.63, 3.8) is 0 Å². The van der Waals surface area contributed by atoms with Crippen LogP contribution in [0.25, 0.3) is 10.9 Å². The molecule has 2 aromatic rings. The molecule has 0 saturated heterocycles. The fourth-order valence-electron chi connectivity index (χ4n) is 2.35. The summed E-state index contributed by atoms with van der Waals surface area (Å²) in [5, 5.41) is 10.3. The first kappa shape index (κ1) is 14.4. The summed E-state index contributed by atoms with van der Waals surface area (Å²) in [6.07, 6.45) is 0. The van der Waals surface area contributed by atoms with E-state index in [1.807, 2.05) is 45.0 Å². The molecule has 108 valence electrons. The largest absolute Gasteiger partial charge is 0.491 e. The summed E-state index contributed by atoms with van der Waals surface area (Å²) in [4.78, 5) is 11.6. The van der Waals surface area contributed by atoms with Gasteiger partial charge in [-0.3, -0.25) is 0 Å². The standard InChI is InChI=1S/C15H20N2O3/c1-4-20-13-10-7-5-6-8-11(10)17(9-15(2,3)16)12(13)14(18)19/h5-8H,4,9,16H2,1-3H3,(H,18,19). The van der Waals surface area contributed by atoms with Gasteiger partial charge in [0.2, 0.25) is 0 Å². The summed E-state index contributed by atoms with van der Waals surface area (Å²) >= 11 is 0. The molecule has 0 fully saturated rings. The number of nitrogens with zero attached hydrogens (tertiary/aromatic N) is 1. The zero-order valence-electron chi connectivity index (χ0n) is 12.0. The van der Waals surface area contributed by atoms with Crippen molar-refractivity contribution in [2.24, 2.45) is 5.73 Å². The highest BCUT2D eigenvalue weighted by Gasteiger charge is 2.26. The predicted octanol–water partition coefficient (Wildman–Crippen LogP) is 2.48. The predicted molar refractivity (Wildman–Crippen MR) is 78.3 cm³/mol. The lowest BCUT2D eigenvalue weighted by Crippen LogP contribution is -2.37. The molecule has 0 bridgehead atoms. The second-order valence-corrected chi connectivity index (χ2v) is 5.51. The number of carboxylic acid groups (broad SMARTS) is 1. The van der Waals surface area contributed by atoms with Crippen LogP contribution in [0.4, 0.5) is 0 Å². The molecule has 0 unspecified atom stereocenters. The maximum atomic E-state index is 11.6. The molecule has 1 aromatic carbocycles. The molecule has 0 aliphatic rings. The number of rotatable bonds is 5. The minimum atomic E-state index is -1.01. The Kier molecular flexibility index (Phi) is 3.72. The van der Waals surface area contributed by atoms with Gasteiger partial charge in [0, 0.05) is 17.5 Å². The van der Waals surface area contributed by atoms with Crippen LogP contribution in [-0.4, -0.2) is 27.8 Å². The van der Waals surface area contributed by atoms with Crippen LogP contribution in [0.2, 0.25) is 0 Å². The van der Waals surface area contributed by atoms with Gasteiger partial charge in [-0.05, 0) is 32.9 Å². The third-order valence-corrected chi connectivity index (χ3v) is 2.98. The summed E-state index contributed by atoms with van der Waals surface area (Å²) in [5.74, 6) is -0.589. The van der Waals surface area contributed by atoms with Crippen molar-refractivity contribution in [3.05, 3.63) is 30.0 Å². The van der Waals surface area contributed by atoms with Gasteiger partial charge in [0.15, 0.2) is 11.4 Å². The number of nitrogens with two attached hydrogens (primary N) is 1. The lowest BCUT2D eigenvalue weighted by molar-refractivity contribution is 0.0680. The van der Waals surface area contributed by atoms with E-state index in [-0.39, 0.29) is 5.69 Å². The average Bonchev–Trinajstić information content (AvgIpc) is 2.63. The zero-order valence-corrected chi connectivity index (χ0v) is 12.0. The van der Waals surface area contributed by atoms with E-state index in [2.05, 4.69) is 0 Å². The summed E-state index contributed by atoms with van der Waals surface area (Å²) in [7, 11) is 0. The number of aromatic carboxylic acids is 1. The average molecular weight is 276 g/mol. The number of fused-ring (bicyclic) bond motifs is 1. The molecular formula is C15H20N2O3. The van der Waals surface area contributed by atoms with Gasteiger partial charge < -0.3 is 20.1 Å². The van der Waals surface area contributed by atoms with Crippen molar-refractivity contribution in [3.8, 4) is 5.75 Å². The molecule has 0 atom stereocenters. The second-order valence-electron chi connectivity index (χ2n) is 5.51. The van der Waals surface area contributed by atoms with Crippen LogP contribution in [0, 0.1) is 0 Å². The Morgan fingerprint density at radius 1 is 1.40 bits per heavy atom. The first-order valence-corrected chi connectivity index (χ1v) is 6.61. The number of para-hydroxylation sites is 1. The molecule has 1 aromatic heterocycles. The van der Waals surface area contributed by atoms with Crippen molar-refractivity contribution in [2.75, 3.05) is 6.61 Å². The van der Waals surface area contributed by atoms with Crippen molar-refractivity contribution in [1.29, 1.82) is 0 Å². The highest BCUT2D eigenvalue weighted by Crippen LogP contribution is 2.34. The van der Waals surface area contributed by atoms with Crippen LogP contribution in [-0.2, 0) is 6.54 Å². The monoisotopic (exact) mass is 276 g/mol. The van der Waals surface area contributed by atoms with E-state index >= 15 is 0 Å². The van der Waals surface area contributed by atoms with Crippen molar-refractivity contribution < 1.29 is 14.6 Å². The first-order chi connectivity index (χ1) is 9.35. The Labute approximate surface area is 117 Å². The minimum Gasteiger partial charge on any atom is -0.491 e. The van der Waals surface area contributed by atoms with Crippen LogP contribution in [0.15, 0.2) is 24.3 Å². The Bertz CT molecular complexity index is 638. The van der Waals surface area contributed by atoms with Gasteiger partial charge in [-0.25, -0.2) is 4.79 Å². The fraction of sp³-hybridized carbons (Fsp3) is 0.400. The normalized spacial score (nSPS) is 11.8. The number of hydrogen-bond acceptors (Lipinski definition) is 3. The van der Waals surface area contributed by atoms with Gasteiger partial charge in [-0.15, -0.1) is 0 Å². The Balaban J connectivity index is 2.75. The number of ether oxygens (including phenoxy) is 1. The Hall–Kier alpha value is -2.01. The Morgan fingerprint density at radius 3 is 2.60 bits per heavy atom. The summed E-state index contributed by atoms with van der Waals surface area (Å²) in [6.45, 7) is 6.40. The maximum Gasteiger partial charge on any atom is 0.356 e. The molecule has 0 saturated carbocycles. The molecule has 0 radical (unpaired) electrons. The van der Waals surface area contributed by atoms with Crippen molar-refractivity contribution in [1.82, 2.24) is 4.57 Å². The van der Waals surface area contributed by atoms with Crippen LogP contribution < -0.4 is 10.5 Å². The minimum absolute atomic E-state index is 0.159. The summed E-state index contributed by atoms with van der Waals surface area (Å²) in [5.41, 5.74) is 6.52. The molecule has 2 rings (SSSR count). The molecule has 0 aliphatic heterocycles. The van der Waals surface area contributed by atoms with Crippen LogP contribution in [0.5, 0.6) is 5.75 Å². The second kappa shape index (κ2) is 5.17. The SMILES string of the molecule is CCOc1c(C(=O)O)n(CC(C)(C)N)c2ccccc12. The van der Waals surface area contributed by atoms with Gasteiger partial charge in [0.1, 0.15) is 0 Å². The van der Waals surface area contributed by atoms with Crippen LogP contribution >= 0.6 is 0 Å². The smallest absolute Gasteiger partial charge is 0.356 e. The topological polar surface area (TPSA) is 77.5 Å². The molecule has 0 amide bonds. The van der Waals surface area contributed by atoms with Crippen LogP contribution in [0.1, 0.15) is 31.3 Å². The van der Waals surface area contributed by atoms with E-state index < -0.39 is 11.5 Å². The van der Waals surface area contributed by atoms with E-state index in [4.69, 9.17) is 10.5 Å². The van der Waals surface area contributed by atoms with Gasteiger partial charge in [-0.1, -0.05) is 12.1 Å². The Morgan fingerprint density at radius 2 is 2.05 bits per heavy atom. The lowest BCUT2D eigenvalue weighted by Gasteiger charge is -2.21. The van der Waals surface area contributed by atoms with E-state index in [1.165, 1.54) is 0 Å². The number of aromatic nitrogens is 1. The molecule has 1 heterocycles. The first-order valence-electron chi connectivity index (χ1n) is 6.61. The highest BCUT2D eigenvalue weighted by atomic mass is 16.5. The molecule has 3 N–H and O–H groups in total. The summed E-state index contributed by atoms with van der Waals surface area (Å²) in [6, 6.07) is 7.50. The zero-order chi connectivity index (χ0) is 14.9. The van der Waals surface area contributed by atoms with Crippen LogP contribution in [0.3, 0.4) is 0 Å². The third-order valence-electron chi connectivity index (χ3n) is 2.98. The van der Waals surface area contributed by atoms with E-state index in [0.717, 1.165) is 10.9 Å². The van der Waals surface area contributed by atoms with Gasteiger partial charge in [-0.2, -0.15) is 0 Å². The number of benzene rings is 1. The molecule has 5 nitrogen and oxygen atoms in total. The fourth-order valence-corrected chi connectivity index (χ4v) is 2.35. The van der Waals surface area contributed by atoms with Gasteiger partial charge >= 0.3 is 5.97 Å². The quantitative estimate of drug-likeness (QED) is 0.879. The molecular weight excluding hydrogens is 256 g/mol. The number of carbonyl (C=O) groups is 1. The number of carboxylic acids is 1. The third kappa shape index (κ3) is 2.63. The molecule has 0 spiro atoms. The highest BCUT2D eigenvalue weighted by molar-refractivity contribution is 6.01. The molecule has 20 heavy (non-hydrogen) atoms. The van der Waals surface area contributed by atoms with Gasteiger partial charge in [0.25, 0.3) is 0 Å². The molecule has 5 heteroatoms.